The number of halogens is 1. The van der Waals surface area contributed by atoms with Gasteiger partial charge in [0.25, 0.3) is 0 Å². The minimum Gasteiger partial charge on any atom is -0.451 e. The Bertz CT molecular complexity index is 419. The van der Waals surface area contributed by atoms with Crippen molar-refractivity contribution in [1.82, 2.24) is 14.8 Å². The Hall–Kier alpha value is -1.29. The number of oxazole rings is 1. The van der Waals surface area contributed by atoms with Gasteiger partial charge in [-0.3, -0.25) is 4.68 Å². The SMILES string of the molecule is Cc1nn(C)c(-c2cocn2)c1Cl. The molecular weight excluding hydrogens is 190 g/mol. The van der Waals surface area contributed by atoms with E-state index in [-0.39, 0.29) is 0 Å². The highest BCUT2D eigenvalue weighted by Gasteiger charge is 2.14. The van der Waals surface area contributed by atoms with Gasteiger partial charge in [-0.15, -0.1) is 0 Å². The van der Waals surface area contributed by atoms with Crippen LogP contribution in [0.5, 0.6) is 0 Å². The number of nitrogens with zero attached hydrogens (tertiary/aromatic N) is 3. The summed E-state index contributed by atoms with van der Waals surface area (Å²) in [5.41, 5.74) is 2.28. The first-order chi connectivity index (χ1) is 6.20. The Morgan fingerprint density at radius 2 is 2.31 bits per heavy atom. The van der Waals surface area contributed by atoms with E-state index in [1.807, 2.05) is 14.0 Å². The molecule has 0 saturated heterocycles. The fraction of sp³-hybridized carbons (Fsp3) is 0.250. The molecule has 0 spiro atoms. The van der Waals surface area contributed by atoms with Crippen molar-refractivity contribution in [2.24, 2.45) is 7.05 Å². The van der Waals surface area contributed by atoms with Gasteiger partial charge in [0.05, 0.1) is 10.7 Å². The molecule has 0 unspecified atom stereocenters. The van der Waals surface area contributed by atoms with Gasteiger partial charge >= 0.3 is 0 Å². The van der Waals surface area contributed by atoms with Crippen LogP contribution in [0.25, 0.3) is 11.4 Å². The number of aryl methyl sites for hydroxylation is 2. The smallest absolute Gasteiger partial charge is 0.181 e. The van der Waals surface area contributed by atoms with Crippen molar-refractivity contribution in [3.63, 3.8) is 0 Å². The standard InChI is InChI=1S/C8H8ClN3O/c1-5-7(9)8(12(2)11-5)6-3-13-4-10-6/h3-4H,1-2H3. The minimum atomic E-state index is 0.622. The minimum absolute atomic E-state index is 0.622. The van der Waals surface area contributed by atoms with E-state index in [0.29, 0.717) is 10.7 Å². The average Bonchev–Trinajstić information content (AvgIpc) is 2.63. The van der Waals surface area contributed by atoms with Gasteiger partial charge in [-0.25, -0.2) is 4.98 Å². The molecular formula is C8H8ClN3O. The summed E-state index contributed by atoms with van der Waals surface area (Å²) in [4.78, 5) is 4.01. The van der Waals surface area contributed by atoms with E-state index in [4.69, 9.17) is 16.0 Å². The third kappa shape index (κ3) is 1.23. The van der Waals surface area contributed by atoms with Crippen LogP contribution < -0.4 is 0 Å². The molecule has 0 aliphatic heterocycles. The second-order valence-electron chi connectivity index (χ2n) is 2.75. The van der Waals surface area contributed by atoms with Gasteiger partial charge in [0.1, 0.15) is 17.7 Å². The first-order valence-corrected chi connectivity index (χ1v) is 4.15. The van der Waals surface area contributed by atoms with E-state index in [1.165, 1.54) is 6.39 Å². The molecule has 0 amide bonds. The topological polar surface area (TPSA) is 43.9 Å². The van der Waals surface area contributed by atoms with Gasteiger partial charge in [0, 0.05) is 7.05 Å². The van der Waals surface area contributed by atoms with E-state index < -0.39 is 0 Å². The zero-order valence-corrected chi connectivity index (χ0v) is 8.04. The van der Waals surface area contributed by atoms with E-state index >= 15 is 0 Å². The summed E-state index contributed by atoms with van der Waals surface area (Å²) >= 11 is 6.04. The molecule has 0 aromatic carbocycles. The molecule has 68 valence electrons. The molecule has 5 heteroatoms. The predicted octanol–water partition coefficient (Wildman–Crippen LogP) is 2.04. The highest BCUT2D eigenvalue weighted by atomic mass is 35.5. The summed E-state index contributed by atoms with van der Waals surface area (Å²) < 4.78 is 6.57. The van der Waals surface area contributed by atoms with Crippen LogP contribution in [0.15, 0.2) is 17.1 Å². The molecule has 0 bridgehead atoms. The summed E-state index contributed by atoms with van der Waals surface area (Å²) in [6, 6.07) is 0. The van der Waals surface area contributed by atoms with Gasteiger partial charge in [-0.1, -0.05) is 11.6 Å². The zero-order chi connectivity index (χ0) is 9.42. The summed E-state index contributed by atoms with van der Waals surface area (Å²) in [6.07, 6.45) is 2.91. The number of aromatic nitrogens is 3. The lowest BCUT2D eigenvalue weighted by atomic mass is 10.3. The van der Waals surface area contributed by atoms with Crippen molar-refractivity contribution < 1.29 is 4.42 Å². The van der Waals surface area contributed by atoms with Crippen LogP contribution in [-0.2, 0) is 7.05 Å². The van der Waals surface area contributed by atoms with Crippen LogP contribution in [0, 0.1) is 6.92 Å². The van der Waals surface area contributed by atoms with Crippen LogP contribution in [-0.4, -0.2) is 14.8 Å². The molecule has 4 nitrogen and oxygen atoms in total. The maximum Gasteiger partial charge on any atom is 0.181 e. The third-order valence-electron chi connectivity index (χ3n) is 1.82. The zero-order valence-electron chi connectivity index (χ0n) is 7.28. The van der Waals surface area contributed by atoms with Crippen molar-refractivity contribution >= 4 is 11.6 Å². The Morgan fingerprint density at radius 1 is 1.54 bits per heavy atom. The molecule has 13 heavy (non-hydrogen) atoms. The van der Waals surface area contributed by atoms with Gasteiger partial charge in [-0.2, -0.15) is 5.10 Å². The molecule has 2 rings (SSSR count). The van der Waals surface area contributed by atoms with Crippen molar-refractivity contribution in [1.29, 1.82) is 0 Å². The van der Waals surface area contributed by atoms with Gasteiger partial charge < -0.3 is 4.42 Å². The Balaban J connectivity index is 2.64. The van der Waals surface area contributed by atoms with Crippen molar-refractivity contribution in [3.8, 4) is 11.4 Å². The molecule has 0 saturated carbocycles. The summed E-state index contributed by atoms with van der Waals surface area (Å²) in [5, 5.41) is 4.79. The van der Waals surface area contributed by atoms with Crippen LogP contribution in [0.1, 0.15) is 5.69 Å². The van der Waals surface area contributed by atoms with Crippen LogP contribution in [0.3, 0.4) is 0 Å². The first-order valence-electron chi connectivity index (χ1n) is 3.78. The normalized spacial score (nSPS) is 10.7. The fourth-order valence-electron chi connectivity index (χ4n) is 1.24. The molecule has 0 N–H and O–H groups in total. The highest BCUT2D eigenvalue weighted by molar-refractivity contribution is 6.33. The summed E-state index contributed by atoms with van der Waals surface area (Å²) in [5.74, 6) is 0. The molecule has 0 aliphatic rings. The first kappa shape index (κ1) is 8.31. The molecule has 0 fully saturated rings. The quantitative estimate of drug-likeness (QED) is 0.703. The van der Waals surface area contributed by atoms with Gasteiger partial charge in [0.15, 0.2) is 6.39 Å². The number of hydrogen-bond donors (Lipinski definition) is 0. The Kier molecular flexibility index (Phi) is 1.84. The number of hydrogen-bond acceptors (Lipinski definition) is 3. The third-order valence-corrected chi connectivity index (χ3v) is 2.28. The van der Waals surface area contributed by atoms with E-state index in [1.54, 1.807) is 10.9 Å². The summed E-state index contributed by atoms with van der Waals surface area (Å²) in [6.45, 7) is 1.85. The Morgan fingerprint density at radius 3 is 2.77 bits per heavy atom. The second kappa shape index (κ2) is 2.88. The average molecular weight is 198 g/mol. The lowest BCUT2D eigenvalue weighted by Crippen LogP contribution is -1.93. The maximum atomic E-state index is 6.04. The maximum absolute atomic E-state index is 6.04. The predicted molar refractivity (Wildman–Crippen MR) is 48.5 cm³/mol. The molecule has 0 atom stereocenters. The van der Waals surface area contributed by atoms with Crippen LogP contribution in [0.2, 0.25) is 5.02 Å². The van der Waals surface area contributed by atoms with E-state index in [2.05, 4.69) is 10.1 Å². The highest BCUT2D eigenvalue weighted by Crippen LogP contribution is 2.28. The lowest BCUT2D eigenvalue weighted by Gasteiger charge is -1.95. The van der Waals surface area contributed by atoms with E-state index in [0.717, 1.165) is 11.4 Å². The fourth-order valence-corrected chi connectivity index (χ4v) is 1.50. The second-order valence-corrected chi connectivity index (χ2v) is 3.12. The largest absolute Gasteiger partial charge is 0.451 e. The summed E-state index contributed by atoms with van der Waals surface area (Å²) in [7, 11) is 1.82. The molecule has 2 aromatic rings. The lowest BCUT2D eigenvalue weighted by molar-refractivity contribution is 0.558. The van der Waals surface area contributed by atoms with Crippen molar-refractivity contribution in [3.05, 3.63) is 23.4 Å². The monoisotopic (exact) mass is 197 g/mol. The van der Waals surface area contributed by atoms with Gasteiger partial charge in [-0.05, 0) is 6.92 Å². The Labute approximate surface area is 80.1 Å². The van der Waals surface area contributed by atoms with Crippen molar-refractivity contribution in [2.45, 2.75) is 6.92 Å². The van der Waals surface area contributed by atoms with Crippen LogP contribution in [0.4, 0.5) is 0 Å². The molecule has 2 aromatic heterocycles. The van der Waals surface area contributed by atoms with Gasteiger partial charge in [0.2, 0.25) is 0 Å². The van der Waals surface area contributed by atoms with Crippen molar-refractivity contribution in [2.75, 3.05) is 0 Å². The molecule has 0 aliphatic carbocycles. The molecule has 0 radical (unpaired) electrons. The number of rotatable bonds is 1. The molecule has 2 heterocycles. The van der Waals surface area contributed by atoms with E-state index in [9.17, 15) is 0 Å². The van der Waals surface area contributed by atoms with Crippen LogP contribution >= 0.6 is 11.6 Å².